The third-order valence-electron chi connectivity index (χ3n) is 2.63. The number of hydrogen-bond donors (Lipinski definition) is 1. The van der Waals surface area contributed by atoms with Gasteiger partial charge in [-0.1, -0.05) is 6.07 Å². The van der Waals surface area contributed by atoms with Gasteiger partial charge in [0.2, 0.25) is 6.41 Å². The number of tetrazole rings is 1. The highest BCUT2D eigenvalue weighted by Crippen LogP contribution is 2.24. The number of aryl methyl sites for hydroxylation is 1. The van der Waals surface area contributed by atoms with Crippen LogP contribution in [0.2, 0.25) is 0 Å². The number of amides is 1. The van der Waals surface area contributed by atoms with Gasteiger partial charge in [0, 0.05) is 12.6 Å². The van der Waals surface area contributed by atoms with Crippen molar-refractivity contribution in [2.75, 3.05) is 7.11 Å². The van der Waals surface area contributed by atoms with Crippen LogP contribution in [0.3, 0.4) is 0 Å². The number of hydrogen-bond acceptors (Lipinski definition) is 6. The predicted molar refractivity (Wildman–Crippen MR) is 67.1 cm³/mol. The summed E-state index contributed by atoms with van der Waals surface area (Å²) in [5, 5.41) is 7.42. The SMILES string of the molecule is COc1cccc(-n2nnn(C)c2=O)c1CONC=O. The summed E-state index contributed by atoms with van der Waals surface area (Å²) in [6, 6.07) is 5.11. The molecule has 0 bridgehead atoms. The Kier molecular flexibility index (Phi) is 4.11. The third kappa shape index (κ3) is 2.52. The number of benzene rings is 1. The highest BCUT2D eigenvalue weighted by atomic mass is 16.6. The molecular weight excluding hydrogens is 266 g/mol. The van der Waals surface area contributed by atoms with Crippen molar-refractivity contribution < 1.29 is 14.4 Å². The van der Waals surface area contributed by atoms with Gasteiger partial charge < -0.3 is 4.74 Å². The van der Waals surface area contributed by atoms with Gasteiger partial charge in [-0.25, -0.2) is 10.3 Å². The van der Waals surface area contributed by atoms with E-state index in [0.717, 1.165) is 9.36 Å². The number of hydroxylamine groups is 1. The summed E-state index contributed by atoms with van der Waals surface area (Å²) in [6.07, 6.45) is 0.406. The maximum absolute atomic E-state index is 11.9. The van der Waals surface area contributed by atoms with E-state index in [1.165, 1.54) is 14.2 Å². The second-order valence-electron chi connectivity index (χ2n) is 3.78. The molecule has 1 amide bonds. The van der Waals surface area contributed by atoms with Crippen molar-refractivity contribution in [3.8, 4) is 11.4 Å². The summed E-state index contributed by atoms with van der Waals surface area (Å²) in [6.45, 7) is 0.0150. The zero-order valence-electron chi connectivity index (χ0n) is 10.9. The highest BCUT2D eigenvalue weighted by molar-refractivity contribution is 5.49. The van der Waals surface area contributed by atoms with E-state index in [2.05, 4.69) is 15.9 Å². The molecule has 9 nitrogen and oxygen atoms in total. The van der Waals surface area contributed by atoms with Crippen LogP contribution in [-0.4, -0.2) is 33.3 Å². The molecule has 2 rings (SSSR count). The van der Waals surface area contributed by atoms with E-state index in [-0.39, 0.29) is 6.61 Å². The fourth-order valence-corrected chi connectivity index (χ4v) is 1.70. The largest absolute Gasteiger partial charge is 0.496 e. The molecule has 1 N–H and O–H groups in total. The maximum atomic E-state index is 11.9. The minimum Gasteiger partial charge on any atom is -0.496 e. The molecule has 0 fully saturated rings. The Balaban J connectivity index is 2.49. The summed E-state index contributed by atoms with van der Waals surface area (Å²) < 4.78 is 7.45. The molecule has 0 saturated heterocycles. The van der Waals surface area contributed by atoms with Crippen molar-refractivity contribution in [3.05, 3.63) is 34.2 Å². The summed E-state index contributed by atoms with van der Waals surface area (Å²) in [7, 11) is 2.99. The number of carbonyl (C=O) groups excluding carboxylic acids is 1. The molecule has 9 heteroatoms. The van der Waals surface area contributed by atoms with Crippen LogP contribution in [0.4, 0.5) is 0 Å². The van der Waals surface area contributed by atoms with Crippen molar-refractivity contribution in [2.45, 2.75) is 6.61 Å². The average Bonchev–Trinajstić information content (AvgIpc) is 2.79. The van der Waals surface area contributed by atoms with Crippen molar-refractivity contribution in [1.82, 2.24) is 25.3 Å². The predicted octanol–water partition coefficient (Wildman–Crippen LogP) is -0.848. The molecule has 0 aliphatic rings. The number of rotatable bonds is 6. The topological polar surface area (TPSA) is 100 Å². The molecule has 0 spiro atoms. The summed E-state index contributed by atoms with van der Waals surface area (Å²) >= 11 is 0. The summed E-state index contributed by atoms with van der Waals surface area (Å²) in [4.78, 5) is 27.1. The van der Waals surface area contributed by atoms with Crippen LogP contribution in [0, 0.1) is 0 Å². The second kappa shape index (κ2) is 5.97. The Morgan fingerprint density at radius 1 is 1.40 bits per heavy atom. The molecule has 20 heavy (non-hydrogen) atoms. The standard InChI is InChI=1S/C11H13N5O4/c1-15-11(18)16(14-13-15)9-4-3-5-10(19-2)8(9)6-20-12-7-17/h3-5,7H,6H2,1-2H3,(H,12,17). The lowest BCUT2D eigenvalue weighted by Crippen LogP contribution is -2.23. The lowest BCUT2D eigenvalue weighted by molar-refractivity contribution is -0.121. The van der Waals surface area contributed by atoms with Gasteiger partial charge in [-0.15, -0.1) is 0 Å². The molecule has 0 radical (unpaired) electrons. The van der Waals surface area contributed by atoms with E-state index < -0.39 is 5.69 Å². The van der Waals surface area contributed by atoms with E-state index in [9.17, 15) is 9.59 Å². The molecule has 0 unspecified atom stereocenters. The monoisotopic (exact) mass is 279 g/mol. The van der Waals surface area contributed by atoms with Gasteiger partial charge in [-0.2, -0.15) is 9.36 Å². The first-order valence-corrected chi connectivity index (χ1v) is 5.65. The van der Waals surface area contributed by atoms with Crippen LogP contribution >= 0.6 is 0 Å². The molecular formula is C11H13N5O4. The Hall–Kier alpha value is -2.68. The van der Waals surface area contributed by atoms with Gasteiger partial charge in [-0.3, -0.25) is 9.63 Å². The van der Waals surface area contributed by atoms with Crippen molar-refractivity contribution >= 4 is 6.41 Å². The average molecular weight is 279 g/mol. The molecule has 2 aromatic rings. The Morgan fingerprint density at radius 3 is 2.80 bits per heavy atom. The first-order valence-electron chi connectivity index (χ1n) is 5.65. The van der Waals surface area contributed by atoms with Crippen molar-refractivity contribution in [2.24, 2.45) is 7.05 Å². The molecule has 106 valence electrons. The van der Waals surface area contributed by atoms with Gasteiger partial charge >= 0.3 is 5.69 Å². The van der Waals surface area contributed by atoms with Crippen molar-refractivity contribution in [3.63, 3.8) is 0 Å². The fraction of sp³-hybridized carbons (Fsp3) is 0.273. The zero-order valence-corrected chi connectivity index (χ0v) is 10.9. The van der Waals surface area contributed by atoms with Crippen LogP contribution in [0.25, 0.3) is 5.69 Å². The number of nitrogens with one attached hydrogen (secondary N) is 1. The number of aromatic nitrogens is 4. The van der Waals surface area contributed by atoms with Crippen LogP contribution < -0.4 is 15.9 Å². The molecule has 0 aliphatic carbocycles. The highest BCUT2D eigenvalue weighted by Gasteiger charge is 2.15. The molecule has 0 aliphatic heterocycles. The summed E-state index contributed by atoms with van der Waals surface area (Å²) in [5.41, 5.74) is 2.71. The van der Waals surface area contributed by atoms with Crippen molar-refractivity contribution in [1.29, 1.82) is 0 Å². The Bertz CT molecular complexity index is 663. The van der Waals surface area contributed by atoms with E-state index in [1.54, 1.807) is 18.2 Å². The van der Waals surface area contributed by atoms with E-state index >= 15 is 0 Å². The number of methoxy groups -OCH3 is 1. The molecule has 1 aromatic carbocycles. The Morgan fingerprint density at radius 2 is 2.20 bits per heavy atom. The lowest BCUT2D eigenvalue weighted by Gasteiger charge is -2.12. The number of nitrogens with zero attached hydrogens (tertiary/aromatic N) is 4. The minimum atomic E-state index is -0.400. The summed E-state index contributed by atoms with van der Waals surface area (Å²) in [5.74, 6) is 0.507. The third-order valence-corrected chi connectivity index (χ3v) is 2.63. The van der Waals surface area contributed by atoms with E-state index in [0.29, 0.717) is 23.4 Å². The zero-order chi connectivity index (χ0) is 14.5. The molecule has 0 atom stereocenters. The second-order valence-corrected chi connectivity index (χ2v) is 3.78. The lowest BCUT2D eigenvalue weighted by atomic mass is 10.1. The number of carbonyl (C=O) groups is 1. The van der Waals surface area contributed by atoms with Gasteiger partial charge in [0.1, 0.15) is 12.4 Å². The maximum Gasteiger partial charge on any atom is 0.368 e. The molecule has 1 aromatic heterocycles. The van der Waals surface area contributed by atoms with Crippen LogP contribution in [0.15, 0.2) is 23.0 Å². The first kappa shape index (κ1) is 13.7. The quantitative estimate of drug-likeness (QED) is 0.420. The van der Waals surface area contributed by atoms with Gasteiger partial charge in [0.15, 0.2) is 0 Å². The molecule has 0 saturated carbocycles. The minimum absolute atomic E-state index is 0.0150. The van der Waals surface area contributed by atoms with Gasteiger partial charge in [-0.05, 0) is 22.6 Å². The van der Waals surface area contributed by atoms with Crippen LogP contribution in [-0.2, 0) is 23.3 Å². The van der Waals surface area contributed by atoms with E-state index in [4.69, 9.17) is 9.57 Å². The van der Waals surface area contributed by atoms with Gasteiger partial charge in [0.25, 0.3) is 0 Å². The normalized spacial score (nSPS) is 10.3. The Labute approximate surface area is 113 Å². The van der Waals surface area contributed by atoms with Crippen LogP contribution in [0.1, 0.15) is 5.56 Å². The van der Waals surface area contributed by atoms with Crippen LogP contribution in [0.5, 0.6) is 5.75 Å². The molecule has 1 heterocycles. The van der Waals surface area contributed by atoms with E-state index in [1.807, 2.05) is 0 Å². The first-order chi connectivity index (χ1) is 9.69. The smallest absolute Gasteiger partial charge is 0.368 e. The van der Waals surface area contributed by atoms with Gasteiger partial charge in [0.05, 0.1) is 12.8 Å². The fourth-order valence-electron chi connectivity index (χ4n) is 1.70. The number of ether oxygens (including phenoxy) is 1.